The van der Waals surface area contributed by atoms with Crippen LogP contribution in [-0.2, 0) is 4.74 Å². The van der Waals surface area contributed by atoms with Gasteiger partial charge in [0.25, 0.3) is 0 Å². The van der Waals surface area contributed by atoms with E-state index in [1.54, 1.807) is 27.8 Å². The molecule has 0 aliphatic rings. The molecule has 0 aromatic carbocycles. The summed E-state index contributed by atoms with van der Waals surface area (Å²) in [7, 11) is 1.56. The number of amides is 1. The molecule has 5 heteroatoms. The Morgan fingerprint density at radius 2 is 2.00 bits per heavy atom. The highest BCUT2D eigenvalue weighted by molar-refractivity contribution is 9.11. The first-order chi connectivity index (χ1) is 7.22. The molecular formula is C11H17BrN2O2. The lowest BCUT2D eigenvalue weighted by Gasteiger charge is -2.24. The maximum absolute atomic E-state index is 11.7. The zero-order chi connectivity index (χ0) is 12.9. The van der Waals surface area contributed by atoms with Crippen molar-refractivity contribution in [1.29, 1.82) is 0 Å². The largest absolute Gasteiger partial charge is 0.443 e. The quantitative estimate of drug-likeness (QED) is 0.591. The van der Waals surface area contributed by atoms with Crippen LogP contribution in [0.3, 0.4) is 0 Å². The van der Waals surface area contributed by atoms with Crippen molar-refractivity contribution >= 4 is 28.7 Å². The van der Waals surface area contributed by atoms with Crippen LogP contribution in [0.2, 0.25) is 0 Å². The van der Waals surface area contributed by atoms with Crippen molar-refractivity contribution in [2.45, 2.75) is 26.4 Å². The summed E-state index contributed by atoms with van der Waals surface area (Å²) in [5.41, 5.74) is -0.543. The molecule has 0 saturated heterocycles. The van der Waals surface area contributed by atoms with Crippen LogP contribution in [0, 0.1) is 0 Å². The van der Waals surface area contributed by atoms with Gasteiger partial charge in [-0.25, -0.2) is 9.79 Å². The summed E-state index contributed by atoms with van der Waals surface area (Å²) in [6, 6.07) is 0. The Morgan fingerprint density at radius 3 is 2.31 bits per heavy atom. The molecule has 90 valence electrons. The van der Waals surface area contributed by atoms with Gasteiger partial charge in [-0.3, -0.25) is 4.90 Å². The van der Waals surface area contributed by atoms with Crippen molar-refractivity contribution in [2.75, 3.05) is 7.05 Å². The number of allylic oxidation sites excluding steroid dienone is 2. The van der Waals surface area contributed by atoms with E-state index in [1.807, 2.05) is 0 Å². The van der Waals surface area contributed by atoms with E-state index in [9.17, 15) is 4.79 Å². The van der Waals surface area contributed by atoms with Crippen LogP contribution >= 0.6 is 15.9 Å². The van der Waals surface area contributed by atoms with Gasteiger partial charge in [0, 0.05) is 7.05 Å². The number of aliphatic imine (C=N–C) groups is 1. The van der Waals surface area contributed by atoms with Gasteiger partial charge >= 0.3 is 6.09 Å². The molecule has 0 rings (SSSR count). The van der Waals surface area contributed by atoms with Gasteiger partial charge in [0.05, 0.1) is 4.48 Å². The number of carbonyl (C=O) groups is 1. The molecule has 0 aromatic rings. The van der Waals surface area contributed by atoms with Crippen LogP contribution in [0.5, 0.6) is 0 Å². The summed E-state index contributed by atoms with van der Waals surface area (Å²) < 4.78 is 5.77. The molecular weight excluding hydrogens is 272 g/mol. The number of hydrogen-bond acceptors (Lipinski definition) is 3. The van der Waals surface area contributed by atoms with Crippen LogP contribution in [-0.4, -0.2) is 30.4 Å². The molecule has 0 N–H and O–H groups in total. The molecule has 0 unspecified atom stereocenters. The lowest BCUT2D eigenvalue weighted by Crippen LogP contribution is -2.33. The predicted molar refractivity (Wildman–Crippen MR) is 69.7 cm³/mol. The summed E-state index contributed by atoms with van der Waals surface area (Å²) in [4.78, 5) is 16.7. The van der Waals surface area contributed by atoms with E-state index in [0.29, 0.717) is 10.3 Å². The first-order valence-corrected chi connectivity index (χ1v) is 5.48. The normalized spacial score (nSPS) is 12.6. The summed E-state index contributed by atoms with van der Waals surface area (Å²) >= 11 is 3.23. The summed E-state index contributed by atoms with van der Waals surface area (Å²) in [5.74, 6) is 0.365. The average molecular weight is 289 g/mol. The molecule has 4 nitrogen and oxygen atoms in total. The lowest BCUT2D eigenvalue weighted by atomic mass is 10.2. The first kappa shape index (κ1) is 14.9. The number of ether oxygens (including phenoxy) is 1. The van der Waals surface area contributed by atoms with Crippen molar-refractivity contribution in [1.82, 2.24) is 4.90 Å². The zero-order valence-corrected chi connectivity index (χ0v) is 11.7. The molecule has 0 aromatic heterocycles. The summed E-state index contributed by atoms with van der Waals surface area (Å²) in [6.45, 7) is 12.4. The van der Waals surface area contributed by atoms with Crippen molar-refractivity contribution in [3.8, 4) is 0 Å². The third-order valence-corrected chi connectivity index (χ3v) is 2.21. The highest BCUT2D eigenvalue weighted by atomic mass is 79.9. The van der Waals surface area contributed by atoms with Gasteiger partial charge in [0.2, 0.25) is 0 Å². The van der Waals surface area contributed by atoms with E-state index in [1.165, 1.54) is 11.0 Å². The minimum Gasteiger partial charge on any atom is -0.443 e. The van der Waals surface area contributed by atoms with Crippen molar-refractivity contribution in [3.63, 3.8) is 0 Å². The Balaban J connectivity index is 4.92. The number of rotatable bonds is 3. The molecule has 0 bridgehead atoms. The highest BCUT2D eigenvalue weighted by Gasteiger charge is 2.22. The maximum Gasteiger partial charge on any atom is 0.415 e. The van der Waals surface area contributed by atoms with Crippen LogP contribution < -0.4 is 0 Å². The monoisotopic (exact) mass is 288 g/mol. The van der Waals surface area contributed by atoms with E-state index in [-0.39, 0.29) is 0 Å². The molecule has 0 radical (unpaired) electrons. The topological polar surface area (TPSA) is 41.9 Å². The first-order valence-electron chi connectivity index (χ1n) is 4.68. The zero-order valence-electron chi connectivity index (χ0n) is 10.1. The Bertz CT molecular complexity index is 329. The van der Waals surface area contributed by atoms with Crippen LogP contribution in [0.1, 0.15) is 20.8 Å². The molecule has 16 heavy (non-hydrogen) atoms. The van der Waals surface area contributed by atoms with Gasteiger partial charge in [-0.1, -0.05) is 12.7 Å². The number of carbonyl (C=O) groups excluding carboxylic acids is 1. The van der Waals surface area contributed by atoms with Gasteiger partial charge < -0.3 is 4.74 Å². The lowest BCUT2D eigenvalue weighted by molar-refractivity contribution is 0.0352. The van der Waals surface area contributed by atoms with Gasteiger partial charge in [0.1, 0.15) is 5.60 Å². The molecule has 0 aliphatic carbocycles. The molecule has 0 spiro atoms. The predicted octanol–water partition coefficient (Wildman–Crippen LogP) is 3.30. The van der Waals surface area contributed by atoms with Crippen molar-refractivity contribution < 1.29 is 9.53 Å². The number of nitrogens with zero attached hydrogens (tertiary/aromatic N) is 2. The molecule has 0 saturated carbocycles. The second kappa shape index (κ2) is 5.84. The van der Waals surface area contributed by atoms with Gasteiger partial charge in [0.15, 0.2) is 5.82 Å². The van der Waals surface area contributed by atoms with E-state index >= 15 is 0 Å². The molecule has 0 aliphatic heterocycles. The highest BCUT2D eigenvalue weighted by Crippen LogP contribution is 2.19. The fourth-order valence-electron chi connectivity index (χ4n) is 0.850. The molecule has 0 fully saturated rings. The van der Waals surface area contributed by atoms with E-state index in [2.05, 4.69) is 34.2 Å². The minimum absolute atomic E-state index is 0.365. The minimum atomic E-state index is -0.543. The maximum atomic E-state index is 11.7. The average Bonchev–Trinajstić information content (AvgIpc) is 2.15. The van der Waals surface area contributed by atoms with E-state index in [0.717, 1.165) is 0 Å². The number of hydrogen-bond donors (Lipinski definition) is 0. The molecule has 0 atom stereocenters. The number of halogens is 1. The van der Waals surface area contributed by atoms with E-state index < -0.39 is 11.7 Å². The Morgan fingerprint density at radius 1 is 1.50 bits per heavy atom. The van der Waals surface area contributed by atoms with Crippen molar-refractivity contribution in [2.24, 2.45) is 4.99 Å². The van der Waals surface area contributed by atoms with Gasteiger partial charge in [-0.15, -0.1) is 0 Å². The summed E-state index contributed by atoms with van der Waals surface area (Å²) in [6.07, 6.45) is 1.04. The Hall–Kier alpha value is -1.10. The van der Waals surface area contributed by atoms with Crippen LogP contribution in [0.15, 0.2) is 28.0 Å². The third-order valence-electron chi connectivity index (χ3n) is 1.53. The Labute approximate surface area is 105 Å². The fraction of sp³-hybridized carbons (Fsp3) is 0.455. The molecule has 1 amide bonds. The molecule has 0 heterocycles. The Kier molecular flexibility index (Phi) is 5.44. The van der Waals surface area contributed by atoms with Crippen molar-refractivity contribution in [3.05, 3.63) is 23.0 Å². The SMILES string of the molecule is C=C/C(Br)=C(\N=C)N(C)C(=O)OC(C)(C)C. The fourth-order valence-corrected chi connectivity index (χ4v) is 1.24. The van der Waals surface area contributed by atoms with Crippen LogP contribution in [0.4, 0.5) is 4.79 Å². The summed E-state index contributed by atoms with van der Waals surface area (Å²) in [5, 5.41) is 0. The smallest absolute Gasteiger partial charge is 0.415 e. The second-order valence-electron chi connectivity index (χ2n) is 4.07. The third kappa shape index (κ3) is 4.61. The van der Waals surface area contributed by atoms with E-state index in [4.69, 9.17) is 4.74 Å². The van der Waals surface area contributed by atoms with Gasteiger partial charge in [-0.05, 0) is 43.4 Å². The standard InChI is InChI=1S/C11H17BrN2O2/c1-7-8(12)9(13-5)14(6)10(15)16-11(2,3)4/h7H,1,5H2,2-4,6H3/b9-8-. The second-order valence-corrected chi connectivity index (χ2v) is 4.93. The van der Waals surface area contributed by atoms with Gasteiger partial charge in [-0.2, -0.15) is 0 Å². The van der Waals surface area contributed by atoms with Crippen LogP contribution in [0.25, 0.3) is 0 Å².